The Morgan fingerprint density at radius 2 is 1.86 bits per heavy atom. The molecule has 112 valence electrons. The summed E-state index contributed by atoms with van der Waals surface area (Å²) in [5, 5.41) is 18.9. The standard InChI is InChI=1S/C17H23N3O/c1-17(2)10-8-13(9-11-17)16(21)15-12-18-19-20(15)14-6-4-3-5-7-14/h3-7,12-13,16,21H,8-11H2,1-2H3. The Labute approximate surface area is 125 Å². The first-order chi connectivity index (χ1) is 10.1. The Kier molecular flexibility index (Phi) is 3.81. The highest BCUT2D eigenvalue weighted by atomic mass is 16.3. The van der Waals surface area contributed by atoms with E-state index in [2.05, 4.69) is 24.2 Å². The van der Waals surface area contributed by atoms with E-state index < -0.39 is 6.10 Å². The highest BCUT2D eigenvalue weighted by Gasteiger charge is 2.32. The lowest BCUT2D eigenvalue weighted by molar-refractivity contribution is 0.0522. The molecule has 0 radical (unpaired) electrons. The van der Waals surface area contributed by atoms with Gasteiger partial charge in [0.25, 0.3) is 0 Å². The number of aliphatic hydroxyl groups is 1. The van der Waals surface area contributed by atoms with Gasteiger partial charge in [0.05, 0.1) is 17.6 Å². The molecule has 3 rings (SSSR count). The Morgan fingerprint density at radius 1 is 1.19 bits per heavy atom. The van der Waals surface area contributed by atoms with Gasteiger partial charge in [-0.3, -0.25) is 0 Å². The van der Waals surface area contributed by atoms with Gasteiger partial charge in [0.2, 0.25) is 0 Å². The molecule has 1 atom stereocenters. The lowest BCUT2D eigenvalue weighted by Crippen LogP contribution is -2.26. The average molecular weight is 285 g/mol. The van der Waals surface area contributed by atoms with Crippen LogP contribution in [0, 0.1) is 11.3 Å². The normalized spacial score (nSPS) is 20.3. The summed E-state index contributed by atoms with van der Waals surface area (Å²) < 4.78 is 1.75. The van der Waals surface area contributed by atoms with Gasteiger partial charge in [-0.1, -0.05) is 37.3 Å². The SMILES string of the molecule is CC1(C)CCC(C(O)c2cnnn2-c2ccccc2)CC1. The van der Waals surface area contributed by atoms with Gasteiger partial charge < -0.3 is 5.11 Å². The first-order valence-electron chi connectivity index (χ1n) is 7.71. The monoisotopic (exact) mass is 285 g/mol. The maximum absolute atomic E-state index is 10.7. The molecular formula is C17H23N3O. The van der Waals surface area contributed by atoms with Crippen LogP contribution in [0.2, 0.25) is 0 Å². The Bertz CT molecular complexity index is 581. The third-order valence-corrected chi connectivity index (χ3v) is 4.71. The summed E-state index contributed by atoms with van der Waals surface area (Å²) in [7, 11) is 0. The first-order valence-corrected chi connectivity index (χ1v) is 7.71. The van der Waals surface area contributed by atoms with E-state index in [1.807, 2.05) is 30.3 Å². The predicted molar refractivity (Wildman–Crippen MR) is 82.1 cm³/mol. The van der Waals surface area contributed by atoms with Gasteiger partial charge in [-0.2, -0.15) is 0 Å². The van der Waals surface area contributed by atoms with Crippen LogP contribution >= 0.6 is 0 Å². The molecule has 1 aliphatic rings. The molecule has 1 heterocycles. The molecule has 0 bridgehead atoms. The van der Waals surface area contributed by atoms with E-state index in [0.717, 1.165) is 24.2 Å². The summed E-state index contributed by atoms with van der Waals surface area (Å²) >= 11 is 0. The van der Waals surface area contributed by atoms with Crippen LogP contribution in [-0.2, 0) is 0 Å². The number of nitrogens with zero attached hydrogens (tertiary/aromatic N) is 3. The highest BCUT2D eigenvalue weighted by molar-refractivity contribution is 5.32. The van der Waals surface area contributed by atoms with E-state index in [9.17, 15) is 5.11 Å². The topological polar surface area (TPSA) is 50.9 Å². The van der Waals surface area contributed by atoms with Gasteiger partial charge in [0.15, 0.2) is 0 Å². The highest BCUT2D eigenvalue weighted by Crippen LogP contribution is 2.42. The molecule has 1 aromatic heterocycles. The third kappa shape index (κ3) is 3.00. The first kappa shape index (κ1) is 14.3. The number of hydrogen-bond donors (Lipinski definition) is 1. The van der Waals surface area contributed by atoms with Crippen LogP contribution in [0.3, 0.4) is 0 Å². The summed E-state index contributed by atoms with van der Waals surface area (Å²) in [6.45, 7) is 4.62. The van der Waals surface area contributed by atoms with Crippen molar-refractivity contribution in [2.75, 3.05) is 0 Å². The summed E-state index contributed by atoms with van der Waals surface area (Å²) in [6.07, 6.45) is 5.67. The fourth-order valence-electron chi connectivity index (χ4n) is 3.19. The van der Waals surface area contributed by atoms with Gasteiger partial charge >= 0.3 is 0 Å². The van der Waals surface area contributed by atoms with E-state index in [-0.39, 0.29) is 0 Å². The number of aromatic nitrogens is 3. The summed E-state index contributed by atoms with van der Waals surface area (Å²) in [5.41, 5.74) is 2.15. The second-order valence-corrected chi connectivity index (χ2v) is 6.85. The molecule has 21 heavy (non-hydrogen) atoms. The quantitative estimate of drug-likeness (QED) is 0.938. The average Bonchev–Trinajstić information content (AvgIpc) is 2.97. The molecular weight excluding hydrogens is 262 g/mol. The largest absolute Gasteiger partial charge is 0.386 e. The van der Waals surface area contributed by atoms with Crippen molar-refractivity contribution in [3.63, 3.8) is 0 Å². The fourth-order valence-corrected chi connectivity index (χ4v) is 3.19. The minimum atomic E-state index is -0.490. The van der Waals surface area contributed by atoms with Crippen molar-refractivity contribution in [2.24, 2.45) is 11.3 Å². The van der Waals surface area contributed by atoms with Crippen LogP contribution in [0.25, 0.3) is 5.69 Å². The summed E-state index contributed by atoms with van der Waals surface area (Å²) in [5.74, 6) is 0.305. The second kappa shape index (κ2) is 5.60. The zero-order valence-corrected chi connectivity index (χ0v) is 12.7. The van der Waals surface area contributed by atoms with Gasteiger partial charge in [0.1, 0.15) is 6.10 Å². The van der Waals surface area contributed by atoms with E-state index in [1.54, 1.807) is 10.9 Å². The van der Waals surface area contributed by atoms with Crippen LogP contribution in [0.5, 0.6) is 0 Å². The van der Waals surface area contributed by atoms with Crippen molar-refractivity contribution in [3.05, 3.63) is 42.2 Å². The van der Waals surface area contributed by atoms with Crippen molar-refractivity contribution in [1.82, 2.24) is 15.0 Å². The van der Waals surface area contributed by atoms with Gasteiger partial charge in [-0.25, -0.2) is 4.68 Å². The molecule has 2 aromatic rings. The maximum Gasteiger partial charge on any atom is 0.101 e. The van der Waals surface area contributed by atoms with Crippen LogP contribution in [0.15, 0.2) is 36.5 Å². The third-order valence-electron chi connectivity index (χ3n) is 4.71. The van der Waals surface area contributed by atoms with Gasteiger partial charge in [-0.05, 0) is 49.1 Å². The van der Waals surface area contributed by atoms with Crippen molar-refractivity contribution in [3.8, 4) is 5.69 Å². The zero-order valence-electron chi connectivity index (χ0n) is 12.7. The maximum atomic E-state index is 10.7. The minimum Gasteiger partial charge on any atom is -0.386 e. The molecule has 1 aromatic carbocycles. The lowest BCUT2D eigenvalue weighted by Gasteiger charge is -2.36. The number of rotatable bonds is 3. The smallest absolute Gasteiger partial charge is 0.101 e. The second-order valence-electron chi connectivity index (χ2n) is 6.85. The van der Waals surface area contributed by atoms with Crippen LogP contribution in [0.1, 0.15) is 51.3 Å². The Balaban J connectivity index is 1.80. The van der Waals surface area contributed by atoms with Crippen molar-refractivity contribution < 1.29 is 5.11 Å². The zero-order chi connectivity index (χ0) is 14.9. The molecule has 0 saturated heterocycles. The summed E-state index contributed by atoms with van der Waals surface area (Å²) in [6, 6.07) is 9.87. The van der Waals surface area contributed by atoms with Gasteiger partial charge in [0, 0.05) is 0 Å². The molecule has 1 aliphatic carbocycles. The van der Waals surface area contributed by atoms with Gasteiger partial charge in [-0.15, -0.1) is 5.10 Å². The van der Waals surface area contributed by atoms with Crippen molar-refractivity contribution in [2.45, 2.75) is 45.6 Å². The van der Waals surface area contributed by atoms with E-state index >= 15 is 0 Å². The molecule has 1 saturated carbocycles. The fraction of sp³-hybridized carbons (Fsp3) is 0.529. The lowest BCUT2D eigenvalue weighted by atomic mass is 9.71. The van der Waals surface area contributed by atoms with Crippen LogP contribution in [-0.4, -0.2) is 20.1 Å². The number of benzene rings is 1. The molecule has 1 fully saturated rings. The number of para-hydroxylation sites is 1. The van der Waals surface area contributed by atoms with Crippen molar-refractivity contribution in [1.29, 1.82) is 0 Å². The Morgan fingerprint density at radius 3 is 2.52 bits per heavy atom. The van der Waals surface area contributed by atoms with E-state index in [4.69, 9.17) is 0 Å². The molecule has 1 N–H and O–H groups in total. The van der Waals surface area contributed by atoms with Crippen LogP contribution < -0.4 is 0 Å². The Hall–Kier alpha value is -1.68. The molecule has 1 unspecified atom stereocenters. The minimum absolute atomic E-state index is 0.305. The number of hydrogen-bond acceptors (Lipinski definition) is 3. The summed E-state index contributed by atoms with van der Waals surface area (Å²) in [4.78, 5) is 0. The predicted octanol–water partition coefficient (Wildman–Crippen LogP) is 3.52. The molecule has 4 heteroatoms. The molecule has 0 amide bonds. The molecule has 0 aliphatic heterocycles. The molecule has 4 nitrogen and oxygen atoms in total. The number of aliphatic hydroxyl groups excluding tert-OH is 1. The van der Waals surface area contributed by atoms with Crippen molar-refractivity contribution >= 4 is 0 Å². The molecule has 0 spiro atoms. The van der Waals surface area contributed by atoms with Crippen LogP contribution in [0.4, 0.5) is 0 Å². The van der Waals surface area contributed by atoms with E-state index in [1.165, 1.54) is 12.8 Å². The van der Waals surface area contributed by atoms with E-state index in [0.29, 0.717) is 11.3 Å².